The average Bonchev–Trinajstić information content (AvgIpc) is 2.33. The molecule has 0 unspecified atom stereocenters. The lowest BCUT2D eigenvalue weighted by molar-refractivity contribution is 1.37. The molecule has 9 heavy (non-hydrogen) atoms. The monoisotopic (exact) mass is 134 g/mol. The Hall–Kier alpha value is -0.890. The number of aromatic nitrogens is 1. The first-order valence-corrected chi connectivity index (χ1v) is 3.54. The average molecular weight is 134 g/mol. The van der Waals surface area contributed by atoms with E-state index in [0.29, 0.717) is 0 Å². The van der Waals surface area contributed by atoms with E-state index in [2.05, 4.69) is 11.1 Å². The minimum Gasteiger partial charge on any atom is -0.263 e. The van der Waals surface area contributed by atoms with Crippen molar-refractivity contribution in [3.63, 3.8) is 0 Å². The summed E-state index contributed by atoms with van der Waals surface area (Å²) >= 11 is 1.69. The van der Waals surface area contributed by atoms with Crippen molar-refractivity contribution in [2.75, 3.05) is 0 Å². The molecular weight excluding hydrogens is 130 g/mol. The summed E-state index contributed by atoms with van der Waals surface area (Å²) in [6, 6.07) is 5.08. The first-order valence-electron chi connectivity index (χ1n) is 2.66. The van der Waals surface area contributed by atoms with Crippen LogP contribution in [0.5, 0.6) is 0 Å². The largest absolute Gasteiger partial charge is 0.263 e. The zero-order valence-corrected chi connectivity index (χ0v) is 5.48. The van der Waals surface area contributed by atoms with Crippen molar-refractivity contribution >= 4 is 21.4 Å². The SMILES string of the molecule is [c]1cncc2ccsc12. The lowest BCUT2D eigenvalue weighted by atomic mass is 10.4. The molecule has 1 nitrogen and oxygen atoms in total. The summed E-state index contributed by atoms with van der Waals surface area (Å²) in [4.78, 5) is 3.94. The highest BCUT2D eigenvalue weighted by Crippen LogP contribution is 2.17. The van der Waals surface area contributed by atoms with Crippen molar-refractivity contribution in [2.24, 2.45) is 0 Å². The van der Waals surface area contributed by atoms with E-state index in [1.54, 1.807) is 17.5 Å². The van der Waals surface area contributed by atoms with Crippen LogP contribution in [0.4, 0.5) is 0 Å². The fraction of sp³-hybridized carbons (Fsp3) is 0. The van der Waals surface area contributed by atoms with Gasteiger partial charge in [-0.2, -0.15) is 0 Å². The smallest absolute Gasteiger partial charge is 0.0453 e. The van der Waals surface area contributed by atoms with E-state index >= 15 is 0 Å². The molecular formula is C7H4NS. The first kappa shape index (κ1) is 4.94. The minimum absolute atomic E-state index is 1.18. The number of pyridine rings is 1. The van der Waals surface area contributed by atoms with Crippen LogP contribution in [0.15, 0.2) is 23.8 Å². The van der Waals surface area contributed by atoms with Gasteiger partial charge in [0.2, 0.25) is 0 Å². The Kier molecular flexibility index (Phi) is 0.993. The third-order valence-corrected chi connectivity index (χ3v) is 2.04. The first-order chi connectivity index (χ1) is 4.47. The predicted octanol–water partition coefficient (Wildman–Crippen LogP) is 2.10. The van der Waals surface area contributed by atoms with E-state index in [9.17, 15) is 0 Å². The summed E-state index contributed by atoms with van der Waals surface area (Å²) in [6.07, 6.45) is 3.54. The van der Waals surface area contributed by atoms with Crippen molar-refractivity contribution in [3.05, 3.63) is 29.9 Å². The van der Waals surface area contributed by atoms with E-state index in [-0.39, 0.29) is 0 Å². The zero-order chi connectivity index (χ0) is 6.10. The molecule has 0 atom stereocenters. The highest BCUT2D eigenvalue weighted by Gasteiger charge is 1.89. The molecule has 0 N–H and O–H groups in total. The molecule has 43 valence electrons. The Morgan fingerprint density at radius 1 is 1.56 bits per heavy atom. The normalized spacial score (nSPS) is 10.2. The second-order valence-electron chi connectivity index (χ2n) is 1.76. The highest BCUT2D eigenvalue weighted by molar-refractivity contribution is 7.17. The molecule has 2 heterocycles. The maximum Gasteiger partial charge on any atom is 0.0453 e. The van der Waals surface area contributed by atoms with Gasteiger partial charge in [-0.15, -0.1) is 11.3 Å². The molecule has 0 aliphatic rings. The van der Waals surface area contributed by atoms with Crippen molar-refractivity contribution in [1.29, 1.82) is 0 Å². The van der Waals surface area contributed by atoms with Crippen LogP contribution in [0, 0.1) is 6.07 Å². The summed E-state index contributed by atoms with van der Waals surface area (Å²) in [7, 11) is 0. The van der Waals surface area contributed by atoms with Gasteiger partial charge in [0.15, 0.2) is 0 Å². The van der Waals surface area contributed by atoms with Gasteiger partial charge in [-0.05, 0) is 11.4 Å². The molecule has 0 bridgehead atoms. The minimum atomic E-state index is 1.18. The van der Waals surface area contributed by atoms with Crippen LogP contribution in [0.1, 0.15) is 0 Å². The van der Waals surface area contributed by atoms with Gasteiger partial charge in [0.25, 0.3) is 0 Å². The predicted molar refractivity (Wildman–Crippen MR) is 38.5 cm³/mol. The summed E-state index contributed by atoms with van der Waals surface area (Å²) in [5, 5.41) is 3.23. The summed E-state index contributed by atoms with van der Waals surface area (Å²) in [5.74, 6) is 0. The third kappa shape index (κ3) is 0.715. The number of hydrogen-bond donors (Lipinski definition) is 0. The molecule has 0 aliphatic heterocycles. The number of nitrogens with zero attached hydrogens (tertiary/aromatic N) is 1. The van der Waals surface area contributed by atoms with E-state index < -0.39 is 0 Å². The Labute approximate surface area is 57.0 Å². The number of fused-ring (bicyclic) bond motifs is 1. The van der Waals surface area contributed by atoms with Gasteiger partial charge >= 0.3 is 0 Å². The van der Waals surface area contributed by atoms with Crippen LogP contribution >= 0.6 is 11.3 Å². The van der Waals surface area contributed by atoms with Gasteiger partial charge in [0, 0.05) is 28.5 Å². The molecule has 2 aromatic rings. The molecule has 0 fully saturated rings. The highest BCUT2D eigenvalue weighted by atomic mass is 32.1. The summed E-state index contributed by atoms with van der Waals surface area (Å²) < 4.78 is 1.19. The summed E-state index contributed by atoms with van der Waals surface area (Å²) in [5.41, 5.74) is 0. The molecule has 1 radical (unpaired) electrons. The van der Waals surface area contributed by atoms with Crippen LogP contribution in [-0.2, 0) is 0 Å². The van der Waals surface area contributed by atoms with Crippen LogP contribution in [0.25, 0.3) is 10.1 Å². The Morgan fingerprint density at radius 3 is 3.44 bits per heavy atom. The number of rotatable bonds is 0. The van der Waals surface area contributed by atoms with Gasteiger partial charge in [-0.3, -0.25) is 4.98 Å². The van der Waals surface area contributed by atoms with E-state index in [0.717, 1.165) is 0 Å². The molecule has 2 heteroatoms. The molecule has 0 amide bonds. The Morgan fingerprint density at radius 2 is 2.56 bits per heavy atom. The number of thiophene rings is 1. The van der Waals surface area contributed by atoms with Crippen LogP contribution in [0.3, 0.4) is 0 Å². The number of hydrogen-bond acceptors (Lipinski definition) is 2. The zero-order valence-electron chi connectivity index (χ0n) is 4.66. The second kappa shape index (κ2) is 1.81. The van der Waals surface area contributed by atoms with Crippen molar-refractivity contribution < 1.29 is 0 Å². The Bertz CT molecular complexity index is 283. The molecule has 0 aliphatic carbocycles. The van der Waals surface area contributed by atoms with Gasteiger partial charge < -0.3 is 0 Å². The quantitative estimate of drug-likeness (QED) is 0.537. The lowest BCUT2D eigenvalue weighted by Crippen LogP contribution is -1.65. The maximum absolute atomic E-state index is 3.94. The van der Waals surface area contributed by atoms with Gasteiger partial charge in [0.05, 0.1) is 0 Å². The second-order valence-corrected chi connectivity index (χ2v) is 2.67. The Balaban J connectivity index is 2.95. The van der Waals surface area contributed by atoms with Crippen LogP contribution in [-0.4, -0.2) is 4.98 Å². The van der Waals surface area contributed by atoms with Crippen molar-refractivity contribution in [1.82, 2.24) is 4.98 Å². The molecule has 0 saturated carbocycles. The van der Waals surface area contributed by atoms with Gasteiger partial charge in [0.1, 0.15) is 0 Å². The van der Waals surface area contributed by atoms with Crippen LogP contribution in [0.2, 0.25) is 0 Å². The van der Waals surface area contributed by atoms with Gasteiger partial charge in [-0.1, -0.05) is 0 Å². The molecule has 0 spiro atoms. The fourth-order valence-corrected chi connectivity index (χ4v) is 1.48. The van der Waals surface area contributed by atoms with E-state index in [1.165, 1.54) is 10.1 Å². The van der Waals surface area contributed by atoms with Crippen molar-refractivity contribution in [2.45, 2.75) is 0 Å². The fourth-order valence-electron chi connectivity index (χ4n) is 0.752. The van der Waals surface area contributed by atoms with Crippen molar-refractivity contribution in [3.8, 4) is 0 Å². The van der Waals surface area contributed by atoms with E-state index in [1.807, 2.05) is 17.6 Å². The molecule has 2 rings (SSSR count). The molecule has 0 saturated heterocycles. The topological polar surface area (TPSA) is 12.9 Å². The maximum atomic E-state index is 3.94. The lowest BCUT2D eigenvalue weighted by Gasteiger charge is -1.80. The van der Waals surface area contributed by atoms with Crippen LogP contribution < -0.4 is 0 Å². The third-order valence-electron chi connectivity index (χ3n) is 1.18. The molecule has 2 aromatic heterocycles. The van der Waals surface area contributed by atoms with E-state index in [4.69, 9.17) is 0 Å². The summed E-state index contributed by atoms with van der Waals surface area (Å²) in [6.45, 7) is 0. The van der Waals surface area contributed by atoms with Gasteiger partial charge in [-0.25, -0.2) is 0 Å². The molecule has 0 aromatic carbocycles. The standard InChI is InChI=1S/C7H4NS/c1-3-8-5-6-2-4-9-7(1)6/h2-5H.